The van der Waals surface area contributed by atoms with E-state index in [9.17, 15) is 4.79 Å². The van der Waals surface area contributed by atoms with Crippen molar-refractivity contribution in [1.82, 2.24) is 4.90 Å². The fraction of sp³-hybridized carbons (Fsp3) is 0.909. The van der Waals surface area contributed by atoms with Crippen LogP contribution < -0.4 is 5.73 Å². The molecule has 1 amide bonds. The number of nitrogens with zero attached hydrogens (tertiary/aromatic N) is 1. The molecule has 88 valence electrons. The van der Waals surface area contributed by atoms with E-state index in [-0.39, 0.29) is 24.0 Å². The van der Waals surface area contributed by atoms with Gasteiger partial charge in [-0.2, -0.15) is 0 Å². The van der Waals surface area contributed by atoms with Crippen molar-refractivity contribution in [2.75, 3.05) is 19.7 Å². The number of rotatable bonds is 4. The minimum absolute atomic E-state index is 0.0361. The monoisotopic (exact) mass is 214 g/mol. The van der Waals surface area contributed by atoms with Crippen LogP contribution in [0.1, 0.15) is 27.2 Å². The van der Waals surface area contributed by atoms with Crippen LogP contribution in [0.15, 0.2) is 0 Å². The number of ether oxygens (including phenoxy) is 1. The van der Waals surface area contributed by atoms with Gasteiger partial charge in [0.05, 0.1) is 18.6 Å². The molecular weight excluding hydrogens is 192 g/mol. The molecule has 2 N–H and O–H groups in total. The number of nitrogens with two attached hydrogens (primary N) is 1. The van der Waals surface area contributed by atoms with E-state index in [1.54, 1.807) is 0 Å². The van der Waals surface area contributed by atoms with E-state index in [1.807, 2.05) is 25.7 Å². The van der Waals surface area contributed by atoms with Crippen LogP contribution in [0.5, 0.6) is 0 Å². The molecule has 1 fully saturated rings. The molecule has 0 aromatic rings. The Morgan fingerprint density at radius 3 is 2.67 bits per heavy atom. The van der Waals surface area contributed by atoms with Crippen molar-refractivity contribution in [3.8, 4) is 0 Å². The number of amides is 1. The Bertz CT molecular complexity index is 219. The van der Waals surface area contributed by atoms with Crippen molar-refractivity contribution in [3.63, 3.8) is 0 Å². The molecule has 0 bridgehead atoms. The first-order valence-electron chi connectivity index (χ1n) is 5.68. The second-order valence-electron chi connectivity index (χ2n) is 4.49. The largest absolute Gasteiger partial charge is 0.378 e. The molecule has 0 radical (unpaired) electrons. The van der Waals surface area contributed by atoms with Crippen molar-refractivity contribution in [2.24, 2.45) is 11.7 Å². The van der Waals surface area contributed by atoms with Gasteiger partial charge < -0.3 is 15.4 Å². The topological polar surface area (TPSA) is 55.6 Å². The summed E-state index contributed by atoms with van der Waals surface area (Å²) in [7, 11) is 0. The molecule has 15 heavy (non-hydrogen) atoms. The maximum Gasteiger partial charge on any atom is 0.228 e. The molecule has 2 unspecified atom stereocenters. The van der Waals surface area contributed by atoms with E-state index in [0.29, 0.717) is 19.7 Å². The summed E-state index contributed by atoms with van der Waals surface area (Å²) >= 11 is 0. The molecule has 2 atom stereocenters. The highest BCUT2D eigenvalue weighted by molar-refractivity contribution is 5.79. The molecule has 4 nitrogen and oxygen atoms in total. The predicted molar refractivity (Wildman–Crippen MR) is 59.4 cm³/mol. The van der Waals surface area contributed by atoms with Crippen molar-refractivity contribution in [3.05, 3.63) is 0 Å². The van der Waals surface area contributed by atoms with Crippen LogP contribution in [-0.2, 0) is 9.53 Å². The maximum atomic E-state index is 12.1. The third-order valence-corrected chi connectivity index (χ3v) is 2.82. The third kappa shape index (κ3) is 3.18. The maximum absolute atomic E-state index is 12.1. The Morgan fingerprint density at radius 2 is 2.27 bits per heavy atom. The molecular formula is C11H22N2O2. The molecule has 0 saturated carbocycles. The van der Waals surface area contributed by atoms with Gasteiger partial charge in [0.2, 0.25) is 5.91 Å². The fourth-order valence-electron chi connectivity index (χ4n) is 1.99. The molecule has 1 heterocycles. The molecule has 4 heteroatoms. The number of hydrogen-bond donors (Lipinski definition) is 1. The van der Waals surface area contributed by atoms with E-state index in [1.165, 1.54) is 0 Å². The van der Waals surface area contributed by atoms with Crippen molar-refractivity contribution in [2.45, 2.75) is 39.3 Å². The average molecular weight is 214 g/mol. The zero-order chi connectivity index (χ0) is 11.4. The number of carbonyl (C=O) groups excluding carboxylic acids is 1. The SMILES string of the molecule is CC1CC(C(=O)N(CCN)C(C)C)CO1. The summed E-state index contributed by atoms with van der Waals surface area (Å²) in [6.07, 6.45) is 1.05. The molecule has 1 aliphatic rings. The first kappa shape index (κ1) is 12.5. The second-order valence-corrected chi connectivity index (χ2v) is 4.49. The van der Waals surface area contributed by atoms with Crippen LogP contribution in [0.4, 0.5) is 0 Å². The summed E-state index contributed by atoms with van der Waals surface area (Å²) in [5, 5.41) is 0. The fourth-order valence-corrected chi connectivity index (χ4v) is 1.99. The minimum atomic E-state index is 0.0361. The number of carbonyl (C=O) groups is 1. The van der Waals surface area contributed by atoms with Crippen LogP contribution in [-0.4, -0.2) is 42.6 Å². The quantitative estimate of drug-likeness (QED) is 0.746. The first-order chi connectivity index (χ1) is 7.06. The van der Waals surface area contributed by atoms with Crippen molar-refractivity contribution >= 4 is 5.91 Å². The highest BCUT2D eigenvalue weighted by Crippen LogP contribution is 2.21. The van der Waals surface area contributed by atoms with Gasteiger partial charge in [-0.3, -0.25) is 4.79 Å². The van der Waals surface area contributed by atoms with Crippen LogP contribution in [0.25, 0.3) is 0 Å². The standard InChI is InChI=1S/C11H22N2O2/c1-8(2)13(5-4-12)11(14)10-6-9(3)15-7-10/h8-10H,4-7,12H2,1-3H3. The minimum Gasteiger partial charge on any atom is -0.378 e. The van der Waals surface area contributed by atoms with Crippen LogP contribution in [0.2, 0.25) is 0 Å². The van der Waals surface area contributed by atoms with Crippen LogP contribution in [0, 0.1) is 5.92 Å². The van der Waals surface area contributed by atoms with Gasteiger partial charge in [0, 0.05) is 19.1 Å². The summed E-state index contributed by atoms with van der Waals surface area (Å²) < 4.78 is 5.42. The van der Waals surface area contributed by atoms with Gasteiger partial charge in [0.15, 0.2) is 0 Å². The summed E-state index contributed by atoms with van der Waals surface area (Å²) in [5.74, 6) is 0.230. The van der Waals surface area contributed by atoms with Gasteiger partial charge in [0.25, 0.3) is 0 Å². The van der Waals surface area contributed by atoms with Gasteiger partial charge in [0.1, 0.15) is 0 Å². The number of hydrogen-bond acceptors (Lipinski definition) is 3. The lowest BCUT2D eigenvalue weighted by atomic mass is 10.0. The van der Waals surface area contributed by atoms with Gasteiger partial charge in [-0.25, -0.2) is 0 Å². The second kappa shape index (κ2) is 5.47. The van der Waals surface area contributed by atoms with Gasteiger partial charge in [-0.15, -0.1) is 0 Å². The van der Waals surface area contributed by atoms with Gasteiger partial charge in [-0.1, -0.05) is 0 Å². The van der Waals surface area contributed by atoms with Crippen LogP contribution >= 0.6 is 0 Å². The highest BCUT2D eigenvalue weighted by atomic mass is 16.5. The Morgan fingerprint density at radius 1 is 1.60 bits per heavy atom. The van der Waals surface area contributed by atoms with Gasteiger partial charge in [-0.05, 0) is 27.2 Å². The normalized spacial score (nSPS) is 25.9. The predicted octanol–water partition coefficient (Wildman–Crippen LogP) is 0.607. The Balaban J connectivity index is 2.55. The summed E-state index contributed by atoms with van der Waals surface area (Å²) in [6.45, 7) is 7.78. The van der Waals surface area contributed by atoms with E-state index in [4.69, 9.17) is 10.5 Å². The Kier molecular flexibility index (Phi) is 4.54. The molecule has 0 spiro atoms. The van der Waals surface area contributed by atoms with Crippen molar-refractivity contribution < 1.29 is 9.53 Å². The lowest BCUT2D eigenvalue weighted by Crippen LogP contribution is -2.43. The molecule has 1 rings (SSSR count). The summed E-state index contributed by atoms with van der Waals surface area (Å²) in [5.41, 5.74) is 5.51. The molecule has 0 aliphatic carbocycles. The van der Waals surface area contributed by atoms with E-state index < -0.39 is 0 Å². The average Bonchev–Trinajstić information content (AvgIpc) is 2.59. The van der Waals surface area contributed by atoms with E-state index in [2.05, 4.69) is 0 Å². The molecule has 1 aliphatic heterocycles. The molecule has 0 aromatic carbocycles. The van der Waals surface area contributed by atoms with Crippen LogP contribution in [0.3, 0.4) is 0 Å². The van der Waals surface area contributed by atoms with E-state index >= 15 is 0 Å². The molecule has 1 saturated heterocycles. The zero-order valence-electron chi connectivity index (χ0n) is 9.90. The first-order valence-corrected chi connectivity index (χ1v) is 5.68. The molecule has 0 aromatic heterocycles. The smallest absolute Gasteiger partial charge is 0.228 e. The van der Waals surface area contributed by atoms with Crippen molar-refractivity contribution in [1.29, 1.82) is 0 Å². The Labute approximate surface area is 91.8 Å². The zero-order valence-corrected chi connectivity index (χ0v) is 9.90. The lowest BCUT2D eigenvalue weighted by Gasteiger charge is -2.28. The van der Waals surface area contributed by atoms with E-state index in [0.717, 1.165) is 6.42 Å². The third-order valence-electron chi connectivity index (χ3n) is 2.82. The summed E-state index contributed by atoms with van der Waals surface area (Å²) in [4.78, 5) is 14.0. The highest BCUT2D eigenvalue weighted by Gasteiger charge is 2.32. The Hall–Kier alpha value is -0.610. The van der Waals surface area contributed by atoms with Gasteiger partial charge >= 0.3 is 0 Å². The lowest BCUT2D eigenvalue weighted by molar-refractivity contribution is -0.137. The summed E-state index contributed by atoms with van der Waals surface area (Å²) in [6, 6.07) is 0.219.